The monoisotopic (exact) mass is 395 g/mol. The van der Waals surface area contributed by atoms with Gasteiger partial charge in [0.05, 0.1) is 15.1 Å². The Morgan fingerprint density at radius 1 is 1.20 bits per heavy atom. The van der Waals surface area contributed by atoms with Gasteiger partial charge in [-0.25, -0.2) is 18.9 Å². The molecule has 10 heteroatoms. The molecule has 3 rings (SSSR count). The van der Waals surface area contributed by atoms with Crippen molar-refractivity contribution >= 4 is 54.9 Å². The van der Waals surface area contributed by atoms with E-state index in [1.165, 1.54) is 65.0 Å². The first-order valence-electron chi connectivity index (χ1n) is 6.95. The van der Waals surface area contributed by atoms with Crippen molar-refractivity contribution in [1.29, 1.82) is 0 Å². The summed E-state index contributed by atoms with van der Waals surface area (Å²) < 4.78 is 29.3. The molecular weight excluding hydrogens is 382 g/mol. The summed E-state index contributed by atoms with van der Waals surface area (Å²) in [6, 6.07) is 10.5. The van der Waals surface area contributed by atoms with E-state index in [1.54, 1.807) is 6.07 Å². The molecule has 0 unspecified atom stereocenters. The lowest BCUT2D eigenvalue weighted by molar-refractivity contribution is 0.0706. The zero-order valence-corrected chi connectivity index (χ0v) is 15.3. The number of aromatic nitrogens is 1. The van der Waals surface area contributed by atoms with Crippen molar-refractivity contribution in [3.8, 4) is 0 Å². The number of fused-ring (bicyclic) bond motifs is 1. The Balaban J connectivity index is 1.87. The van der Waals surface area contributed by atoms with E-state index in [9.17, 15) is 13.2 Å². The highest BCUT2D eigenvalue weighted by atomic mass is 32.2. The largest absolute Gasteiger partial charge is 0.288 e. The summed E-state index contributed by atoms with van der Waals surface area (Å²) in [6.07, 6.45) is 1.91. The molecule has 1 heterocycles. The molecule has 0 aliphatic heterocycles. The Morgan fingerprint density at radius 2 is 1.92 bits per heavy atom. The molecule has 2 aromatic carbocycles. The van der Waals surface area contributed by atoms with Gasteiger partial charge in [-0.15, -0.1) is 11.3 Å². The van der Waals surface area contributed by atoms with Crippen LogP contribution in [0.25, 0.3) is 10.2 Å². The number of amides is 1. The van der Waals surface area contributed by atoms with Crippen molar-refractivity contribution in [2.75, 3.05) is 11.0 Å². The highest BCUT2D eigenvalue weighted by Gasteiger charge is 2.16. The summed E-state index contributed by atoms with van der Waals surface area (Å²) in [5.74, 6) is -0.673. The SMILES string of the molecule is CSc1nc2cc(S(=O)(=O)Nc3ccc(C(=O)NO)cc3)ccc2s1. The molecule has 0 aliphatic rings. The highest BCUT2D eigenvalue weighted by molar-refractivity contribution is 8.00. The fourth-order valence-electron chi connectivity index (χ4n) is 2.11. The summed E-state index contributed by atoms with van der Waals surface area (Å²) >= 11 is 3.01. The van der Waals surface area contributed by atoms with Gasteiger partial charge in [0.2, 0.25) is 0 Å². The number of anilines is 1. The predicted octanol–water partition coefficient (Wildman–Crippen LogP) is 2.94. The lowest BCUT2D eigenvalue weighted by atomic mass is 10.2. The first-order valence-corrected chi connectivity index (χ1v) is 10.5. The molecule has 0 atom stereocenters. The zero-order valence-electron chi connectivity index (χ0n) is 12.9. The van der Waals surface area contributed by atoms with E-state index in [4.69, 9.17) is 5.21 Å². The maximum Gasteiger partial charge on any atom is 0.274 e. The minimum Gasteiger partial charge on any atom is -0.288 e. The van der Waals surface area contributed by atoms with E-state index in [2.05, 4.69) is 9.71 Å². The van der Waals surface area contributed by atoms with Gasteiger partial charge in [0.15, 0.2) is 4.34 Å². The van der Waals surface area contributed by atoms with Crippen molar-refractivity contribution < 1.29 is 18.4 Å². The number of hydrogen-bond acceptors (Lipinski definition) is 7. The number of nitrogens with one attached hydrogen (secondary N) is 2. The quantitative estimate of drug-likeness (QED) is 0.348. The third-order valence-corrected chi connectivity index (χ3v) is 6.73. The number of thioether (sulfide) groups is 1. The number of carbonyl (C=O) groups is 1. The Morgan fingerprint density at radius 3 is 2.56 bits per heavy atom. The number of hydrogen-bond donors (Lipinski definition) is 3. The average Bonchev–Trinajstić information content (AvgIpc) is 3.03. The molecule has 130 valence electrons. The van der Waals surface area contributed by atoms with E-state index >= 15 is 0 Å². The van der Waals surface area contributed by atoms with Crippen LogP contribution in [0.15, 0.2) is 51.7 Å². The van der Waals surface area contributed by atoms with Crippen LogP contribution in [0.4, 0.5) is 5.69 Å². The number of sulfonamides is 1. The number of nitrogens with zero attached hydrogens (tertiary/aromatic N) is 1. The van der Waals surface area contributed by atoms with Gasteiger partial charge >= 0.3 is 0 Å². The number of rotatable bonds is 5. The minimum atomic E-state index is -3.78. The molecule has 25 heavy (non-hydrogen) atoms. The van der Waals surface area contributed by atoms with Gasteiger partial charge in [0.1, 0.15) is 0 Å². The van der Waals surface area contributed by atoms with Crippen LogP contribution in [0.5, 0.6) is 0 Å². The van der Waals surface area contributed by atoms with Crippen LogP contribution >= 0.6 is 23.1 Å². The molecule has 1 amide bonds. The van der Waals surface area contributed by atoms with Gasteiger partial charge in [0, 0.05) is 11.3 Å². The maximum absolute atomic E-state index is 12.5. The molecule has 0 saturated heterocycles. The third kappa shape index (κ3) is 3.76. The standard InChI is InChI=1S/C15H13N3O4S3/c1-23-15-16-12-8-11(6-7-13(12)24-15)25(21,22)18-10-4-2-9(3-5-10)14(19)17-20/h2-8,18,20H,1H3,(H,17,19). The van der Waals surface area contributed by atoms with Crippen LogP contribution < -0.4 is 10.2 Å². The molecule has 0 spiro atoms. The summed E-state index contributed by atoms with van der Waals surface area (Å²) in [7, 11) is -3.78. The Hall–Kier alpha value is -2.14. The first kappa shape index (κ1) is 17.7. The second-order valence-corrected chi connectivity index (χ2v) is 8.70. The first-order chi connectivity index (χ1) is 11.9. The summed E-state index contributed by atoms with van der Waals surface area (Å²) in [4.78, 5) is 15.8. The van der Waals surface area contributed by atoms with Gasteiger partial charge in [-0.2, -0.15) is 0 Å². The van der Waals surface area contributed by atoms with Gasteiger partial charge in [-0.1, -0.05) is 11.8 Å². The Kier molecular flexibility index (Phi) is 4.95. The van der Waals surface area contributed by atoms with Crippen molar-refractivity contribution in [3.63, 3.8) is 0 Å². The van der Waals surface area contributed by atoms with Crippen molar-refractivity contribution in [2.24, 2.45) is 0 Å². The fourth-order valence-corrected chi connectivity index (χ4v) is 4.66. The lowest BCUT2D eigenvalue weighted by Gasteiger charge is -2.08. The van der Waals surface area contributed by atoms with Gasteiger partial charge in [-0.05, 0) is 48.7 Å². The normalized spacial score (nSPS) is 11.4. The van der Waals surface area contributed by atoms with Gasteiger partial charge in [-0.3, -0.25) is 14.7 Å². The molecular formula is C15H13N3O4S3. The number of hydroxylamine groups is 1. The fraction of sp³-hybridized carbons (Fsp3) is 0.0667. The van der Waals surface area contributed by atoms with Crippen LogP contribution in [0.3, 0.4) is 0 Å². The summed E-state index contributed by atoms with van der Waals surface area (Å²) in [5.41, 5.74) is 2.66. The summed E-state index contributed by atoms with van der Waals surface area (Å²) in [6.45, 7) is 0. The number of thiazole rings is 1. The van der Waals surface area contributed by atoms with Gasteiger partial charge < -0.3 is 0 Å². The van der Waals surface area contributed by atoms with Crippen LogP contribution in [0.2, 0.25) is 0 Å². The van der Waals surface area contributed by atoms with E-state index in [0.717, 1.165) is 9.04 Å². The third-order valence-electron chi connectivity index (χ3n) is 3.33. The van der Waals surface area contributed by atoms with E-state index in [-0.39, 0.29) is 10.5 Å². The summed E-state index contributed by atoms with van der Waals surface area (Å²) in [5, 5.41) is 8.58. The second-order valence-electron chi connectivity index (χ2n) is 4.94. The Bertz CT molecular complexity index is 1030. The van der Waals surface area contributed by atoms with Crippen LogP contribution in [0.1, 0.15) is 10.4 Å². The van der Waals surface area contributed by atoms with Crippen molar-refractivity contribution in [1.82, 2.24) is 10.5 Å². The van der Waals surface area contributed by atoms with Gasteiger partial charge in [0.25, 0.3) is 15.9 Å². The molecule has 0 fully saturated rings. The molecule has 0 saturated carbocycles. The minimum absolute atomic E-state index is 0.107. The second kappa shape index (κ2) is 7.00. The van der Waals surface area contributed by atoms with Crippen LogP contribution in [-0.2, 0) is 10.0 Å². The molecule has 3 N–H and O–H groups in total. The number of benzene rings is 2. The molecule has 3 aromatic rings. The van der Waals surface area contributed by atoms with E-state index < -0.39 is 15.9 Å². The van der Waals surface area contributed by atoms with Crippen LogP contribution in [-0.4, -0.2) is 30.8 Å². The molecule has 1 aromatic heterocycles. The lowest BCUT2D eigenvalue weighted by Crippen LogP contribution is -2.18. The number of carbonyl (C=O) groups excluding carboxylic acids is 1. The molecule has 7 nitrogen and oxygen atoms in total. The molecule has 0 aliphatic carbocycles. The Labute approximate surface area is 152 Å². The van der Waals surface area contributed by atoms with E-state index in [0.29, 0.717) is 11.2 Å². The molecule has 0 radical (unpaired) electrons. The van der Waals surface area contributed by atoms with Crippen LogP contribution in [0, 0.1) is 0 Å². The molecule has 0 bridgehead atoms. The topological polar surface area (TPSA) is 108 Å². The smallest absolute Gasteiger partial charge is 0.274 e. The van der Waals surface area contributed by atoms with E-state index in [1.807, 2.05) is 6.26 Å². The zero-order chi connectivity index (χ0) is 18.0. The maximum atomic E-state index is 12.5. The van der Waals surface area contributed by atoms with Crippen molar-refractivity contribution in [3.05, 3.63) is 48.0 Å². The highest BCUT2D eigenvalue weighted by Crippen LogP contribution is 2.30. The predicted molar refractivity (Wildman–Crippen MR) is 97.9 cm³/mol. The van der Waals surface area contributed by atoms with Crippen molar-refractivity contribution in [2.45, 2.75) is 9.24 Å². The average molecular weight is 395 g/mol.